The SMILES string of the molecule is CC1CNC(C=N)C1. The predicted octanol–water partition coefficient (Wildman–Crippen LogP) is 0.634. The van der Waals surface area contributed by atoms with Crippen LogP contribution >= 0.6 is 0 Å². The Morgan fingerprint density at radius 2 is 2.50 bits per heavy atom. The highest BCUT2D eigenvalue weighted by Gasteiger charge is 2.17. The van der Waals surface area contributed by atoms with E-state index in [0.717, 1.165) is 18.9 Å². The zero-order chi connectivity index (χ0) is 5.98. The molecule has 1 rings (SSSR count). The first kappa shape index (κ1) is 5.76. The summed E-state index contributed by atoms with van der Waals surface area (Å²) in [6.45, 7) is 3.29. The lowest BCUT2D eigenvalue weighted by atomic mass is 10.1. The summed E-state index contributed by atoms with van der Waals surface area (Å²) in [4.78, 5) is 0. The molecular formula is C6H12N2. The second kappa shape index (κ2) is 2.27. The van der Waals surface area contributed by atoms with E-state index in [0.29, 0.717) is 6.04 Å². The summed E-state index contributed by atoms with van der Waals surface area (Å²) in [5, 5.41) is 10.1. The molecule has 0 saturated carbocycles. The lowest BCUT2D eigenvalue weighted by Gasteiger charge is -1.97. The molecule has 2 unspecified atom stereocenters. The largest absolute Gasteiger partial charge is 0.311 e. The molecule has 0 amide bonds. The summed E-state index contributed by atoms with van der Waals surface area (Å²) in [7, 11) is 0. The van der Waals surface area contributed by atoms with Gasteiger partial charge in [0.25, 0.3) is 0 Å². The molecule has 46 valence electrons. The van der Waals surface area contributed by atoms with Crippen molar-refractivity contribution in [2.24, 2.45) is 5.92 Å². The van der Waals surface area contributed by atoms with Crippen molar-refractivity contribution in [3.05, 3.63) is 0 Å². The summed E-state index contributed by atoms with van der Waals surface area (Å²) >= 11 is 0. The second-order valence-electron chi connectivity index (χ2n) is 2.52. The monoisotopic (exact) mass is 112 g/mol. The molecule has 1 fully saturated rings. The van der Waals surface area contributed by atoms with Crippen LogP contribution in [-0.4, -0.2) is 18.8 Å². The van der Waals surface area contributed by atoms with Crippen molar-refractivity contribution in [2.45, 2.75) is 19.4 Å². The van der Waals surface area contributed by atoms with Gasteiger partial charge in [0.1, 0.15) is 0 Å². The second-order valence-corrected chi connectivity index (χ2v) is 2.52. The molecule has 0 aromatic carbocycles. The van der Waals surface area contributed by atoms with Gasteiger partial charge in [0.2, 0.25) is 0 Å². The van der Waals surface area contributed by atoms with Gasteiger partial charge in [-0.15, -0.1) is 0 Å². The Hall–Kier alpha value is -0.370. The van der Waals surface area contributed by atoms with E-state index in [-0.39, 0.29) is 0 Å². The first-order valence-electron chi connectivity index (χ1n) is 3.07. The topological polar surface area (TPSA) is 35.9 Å². The van der Waals surface area contributed by atoms with Crippen molar-refractivity contribution in [1.82, 2.24) is 5.32 Å². The van der Waals surface area contributed by atoms with Crippen LogP contribution in [0.15, 0.2) is 0 Å². The van der Waals surface area contributed by atoms with Crippen LogP contribution in [-0.2, 0) is 0 Å². The molecule has 0 aromatic heterocycles. The molecular weight excluding hydrogens is 100 g/mol. The minimum absolute atomic E-state index is 0.366. The summed E-state index contributed by atoms with van der Waals surface area (Å²) in [6.07, 6.45) is 2.63. The van der Waals surface area contributed by atoms with Crippen LogP contribution in [0, 0.1) is 11.3 Å². The average molecular weight is 112 g/mol. The van der Waals surface area contributed by atoms with E-state index < -0.39 is 0 Å². The quantitative estimate of drug-likeness (QED) is 0.480. The van der Waals surface area contributed by atoms with E-state index in [1.807, 2.05) is 0 Å². The van der Waals surface area contributed by atoms with Crippen LogP contribution < -0.4 is 5.32 Å². The Kier molecular flexibility index (Phi) is 1.63. The predicted molar refractivity (Wildman–Crippen MR) is 34.4 cm³/mol. The number of nitrogens with one attached hydrogen (secondary N) is 2. The number of rotatable bonds is 1. The smallest absolute Gasteiger partial charge is 0.0420 e. The lowest BCUT2D eigenvalue weighted by molar-refractivity contribution is 0.646. The van der Waals surface area contributed by atoms with Crippen molar-refractivity contribution < 1.29 is 0 Å². The van der Waals surface area contributed by atoms with E-state index in [1.54, 1.807) is 0 Å². The molecule has 1 aliphatic heterocycles. The Labute approximate surface area is 49.8 Å². The van der Waals surface area contributed by atoms with Gasteiger partial charge in [0.05, 0.1) is 0 Å². The summed E-state index contributed by atoms with van der Waals surface area (Å²) < 4.78 is 0. The van der Waals surface area contributed by atoms with Crippen LogP contribution in [0.25, 0.3) is 0 Å². The highest BCUT2D eigenvalue weighted by Crippen LogP contribution is 2.09. The molecule has 1 aliphatic rings. The molecule has 0 radical (unpaired) electrons. The van der Waals surface area contributed by atoms with Crippen LogP contribution in [0.5, 0.6) is 0 Å². The lowest BCUT2D eigenvalue weighted by Crippen LogP contribution is -2.21. The van der Waals surface area contributed by atoms with E-state index in [4.69, 9.17) is 5.41 Å². The summed E-state index contributed by atoms with van der Waals surface area (Å²) in [5.74, 6) is 0.765. The molecule has 2 N–H and O–H groups in total. The zero-order valence-corrected chi connectivity index (χ0v) is 5.15. The van der Waals surface area contributed by atoms with Gasteiger partial charge in [-0.1, -0.05) is 6.92 Å². The minimum atomic E-state index is 0.366. The first-order valence-corrected chi connectivity index (χ1v) is 3.07. The Morgan fingerprint density at radius 1 is 1.75 bits per heavy atom. The molecule has 0 aromatic rings. The molecule has 0 bridgehead atoms. The molecule has 2 atom stereocenters. The molecule has 1 saturated heterocycles. The van der Waals surface area contributed by atoms with Gasteiger partial charge in [-0.05, 0) is 18.9 Å². The van der Waals surface area contributed by atoms with Gasteiger partial charge in [-0.2, -0.15) is 0 Å². The molecule has 2 nitrogen and oxygen atoms in total. The van der Waals surface area contributed by atoms with Crippen molar-refractivity contribution in [3.8, 4) is 0 Å². The third kappa shape index (κ3) is 1.07. The Balaban J connectivity index is 2.32. The van der Waals surface area contributed by atoms with Crippen LogP contribution in [0.1, 0.15) is 13.3 Å². The highest BCUT2D eigenvalue weighted by molar-refractivity contribution is 5.61. The maximum atomic E-state index is 6.90. The van der Waals surface area contributed by atoms with Crippen molar-refractivity contribution in [3.63, 3.8) is 0 Å². The van der Waals surface area contributed by atoms with Gasteiger partial charge in [-0.3, -0.25) is 0 Å². The third-order valence-electron chi connectivity index (χ3n) is 1.59. The molecule has 1 heterocycles. The van der Waals surface area contributed by atoms with Gasteiger partial charge >= 0.3 is 0 Å². The van der Waals surface area contributed by atoms with Crippen LogP contribution in [0.2, 0.25) is 0 Å². The fraction of sp³-hybridized carbons (Fsp3) is 0.833. The molecule has 0 spiro atoms. The average Bonchev–Trinajstić information content (AvgIpc) is 2.14. The molecule has 8 heavy (non-hydrogen) atoms. The standard InChI is InChI=1S/C6H12N2/c1-5-2-6(3-7)8-4-5/h3,5-8H,2,4H2,1H3. The maximum absolute atomic E-state index is 6.90. The summed E-state index contributed by atoms with van der Waals surface area (Å²) in [5.41, 5.74) is 0. The maximum Gasteiger partial charge on any atom is 0.0420 e. The van der Waals surface area contributed by atoms with Crippen LogP contribution in [0.3, 0.4) is 0 Å². The van der Waals surface area contributed by atoms with Crippen molar-refractivity contribution in [1.29, 1.82) is 5.41 Å². The van der Waals surface area contributed by atoms with Crippen molar-refractivity contribution >= 4 is 6.21 Å². The summed E-state index contributed by atoms with van der Waals surface area (Å²) in [6, 6.07) is 0.366. The molecule has 0 aliphatic carbocycles. The van der Waals surface area contributed by atoms with Gasteiger partial charge in [0, 0.05) is 12.3 Å². The fourth-order valence-electron chi connectivity index (χ4n) is 1.08. The molecule has 2 heteroatoms. The normalized spacial score (nSPS) is 37.6. The third-order valence-corrected chi connectivity index (χ3v) is 1.59. The number of hydrogen-bond acceptors (Lipinski definition) is 2. The fourth-order valence-corrected chi connectivity index (χ4v) is 1.08. The van der Waals surface area contributed by atoms with E-state index in [1.165, 1.54) is 6.21 Å². The zero-order valence-electron chi connectivity index (χ0n) is 5.15. The minimum Gasteiger partial charge on any atom is -0.311 e. The van der Waals surface area contributed by atoms with E-state index in [2.05, 4.69) is 12.2 Å². The highest BCUT2D eigenvalue weighted by atomic mass is 14.9. The van der Waals surface area contributed by atoms with Crippen molar-refractivity contribution in [2.75, 3.05) is 6.54 Å². The van der Waals surface area contributed by atoms with E-state index in [9.17, 15) is 0 Å². The first-order chi connectivity index (χ1) is 3.83. The van der Waals surface area contributed by atoms with Gasteiger partial charge in [-0.25, -0.2) is 0 Å². The number of hydrogen-bond donors (Lipinski definition) is 2. The van der Waals surface area contributed by atoms with Crippen LogP contribution in [0.4, 0.5) is 0 Å². The van der Waals surface area contributed by atoms with Gasteiger partial charge < -0.3 is 10.7 Å². The van der Waals surface area contributed by atoms with E-state index >= 15 is 0 Å². The van der Waals surface area contributed by atoms with Gasteiger partial charge in [0.15, 0.2) is 0 Å². The Morgan fingerprint density at radius 3 is 2.75 bits per heavy atom. The Bertz CT molecular complexity index is 90.5.